The highest BCUT2D eigenvalue weighted by atomic mass is 19.1. The molecule has 1 fully saturated rings. The quantitative estimate of drug-likeness (QED) is 0.676. The van der Waals surface area contributed by atoms with E-state index in [1.807, 2.05) is 11.0 Å². The highest BCUT2D eigenvalue weighted by molar-refractivity contribution is 5.62. The van der Waals surface area contributed by atoms with Crippen LogP contribution in [-0.4, -0.2) is 55.7 Å². The first kappa shape index (κ1) is 18.0. The van der Waals surface area contributed by atoms with Crippen molar-refractivity contribution in [3.05, 3.63) is 42.6 Å². The first-order valence-corrected chi connectivity index (χ1v) is 8.99. The summed E-state index contributed by atoms with van der Waals surface area (Å²) in [5, 5.41) is 12.5. The molecule has 0 aliphatic carbocycles. The number of nitriles is 1. The SMILES string of the molecule is N#CC(C=O)N1CCC[C@@H](Nc2ccnc(-c3cnc4ccc(F)cn34)n2)C1. The number of halogens is 1. The number of aromatic nitrogens is 4. The van der Waals surface area contributed by atoms with Gasteiger partial charge in [0, 0.05) is 25.0 Å². The Hall–Kier alpha value is -3.38. The third-order valence-corrected chi connectivity index (χ3v) is 4.81. The number of nitrogens with one attached hydrogen (secondary N) is 1. The molecular weight excluding hydrogens is 361 g/mol. The van der Waals surface area contributed by atoms with Gasteiger partial charge in [0.05, 0.1) is 12.3 Å². The third-order valence-electron chi connectivity index (χ3n) is 4.81. The van der Waals surface area contributed by atoms with Crippen LogP contribution in [0.15, 0.2) is 36.8 Å². The molecule has 0 amide bonds. The number of hydrogen-bond acceptors (Lipinski definition) is 7. The Kier molecular flexibility index (Phi) is 4.95. The molecule has 142 valence electrons. The van der Waals surface area contributed by atoms with Gasteiger partial charge < -0.3 is 10.1 Å². The number of fused-ring (bicyclic) bond motifs is 1. The summed E-state index contributed by atoms with van der Waals surface area (Å²) in [5.41, 5.74) is 1.20. The van der Waals surface area contributed by atoms with Crippen molar-refractivity contribution in [2.45, 2.75) is 24.9 Å². The normalized spacial score (nSPS) is 18.5. The molecule has 1 N–H and O–H groups in total. The number of likely N-dealkylation sites (tertiary alicyclic amines) is 1. The predicted molar refractivity (Wildman–Crippen MR) is 99.9 cm³/mol. The van der Waals surface area contributed by atoms with Crippen LogP contribution >= 0.6 is 0 Å². The molecule has 0 radical (unpaired) electrons. The summed E-state index contributed by atoms with van der Waals surface area (Å²) in [6, 6.07) is 6.06. The maximum atomic E-state index is 13.6. The van der Waals surface area contributed by atoms with Gasteiger partial charge in [0.1, 0.15) is 23.0 Å². The molecule has 4 rings (SSSR count). The molecule has 9 heteroatoms. The van der Waals surface area contributed by atoms with Gasteiger partial charge in [-0.15, -0.1) is 0 Å². The van der Waals surface area contributed by atoms with E-state index in [2.05, 4.69) is 20.3 Å². The minimum Gasteiger partial charge on any atom is -0.366 e. The molecule has 0 saturated carbocycles. The van der Waals surface area contributed by atoms with Crippen molar-refractivity contribution in [3.8, 4) is 17.6 Å². The van der Waals surface area contributed by atoms with Gasteiger partial charge in [0.15, 0.2) is 18.2 Å². The van der Waals surface area contributed by atoms with Crippen LogP contribution in [0.1, 0.15) is 12.8 Å². The number of rotatable bonds is 5. The largest absolute Gasteiger partial charge is 0.366 e. The number of carbonyl (C=O) groups is 1. The van der Waals surface area contributed by atoms with E-state index in [4.69, 9.17) is 5.26 Å². The second-order valence-electron chi connectivity index (χ2n) is 6.67. The van der Waals surface area contributed by atoms with E-state index in [1.165, 1.54) is 12.3 Å². The first-order chi connectivity index (χ1) is 13.7. The van der Waals surface area contributed by atoms with E-state index >= 15 is 0 Å². The number of anilines is 1. The summed E-state index contributed by atoms with van der Waals surface area (Å²) < 4.78 is 15.2. The summed E-state index contributed by atoms with van der Waals surface area (Å²) >= 11 is 0. The molecule has 0 bridgehead atoms. The first-order valence-electron chi connectivity index (χ1n) is 8.99. The molecule has 28 heavy (non-hydrogen) atoms. The maximum Gasteiger partial charge on any atom is 0.180 e. The van der Waals surface area contributed by atoms with Crippen LogP contribution < -0.4 is 5.32 Å². The molecular formula is C19H18FN7O. The fourth-order valence-electron chi connectivity index (χ4n) is 3.47. The predicted octanol–water partition coefficient (Wildman–Crippen LogP) is 1.90. The van der Waals surface area contributed by atoms with Gasteiger partial charge in [0.25, 0.3) is 0 Å². The highest BCUT2D eigenvalue weighted by Crippen LogP contribution is 2.21. The zero-order valence-corrected chi connectivity index (χ0v) is 15.0. The fourth-order valence-corrected chi connectivity index (χ4v) is 3.47. The van der Waals surface area contributed by atoms with Crippen molar-refractivity contribution in [1.82, 2.24) is 24.3 Å². The van der Waals surface area contributed by atoms with Crippen molar-refractivity contribution in [2.75, 3.05) is 18.4 Å². The average Bonchev–Trinajstić information content (AvgIpc) is 3.12. The number of carbonyl (C=O) groups excluding carboxylic acids is 1. The van der Waals surface area contributed by atoms with Crippen LogP contribution in [0.25, 0.3) is 17.2 Å². The zero-order chi connectivity index (χ0) is 19.5. The average molecular weight is 379 g/mol. The fraction of sp³-hybridized carbons (Fsp3) is 0.316. The molecule has 1 aliphatic heterocycles. The Balaban J connectivity index is 1.55. The minimum absolute atomic E-state index is 0.0620. The minimum atomic E-state index is -0.724. The van der Waals surface area contributed by atoms with Crippen LogP contribution in [0, 0.1) is 17.1 Å². The molecule has 1 saturated heterocycles. The van der Waals surface area contributed by atoms with E-state index in [0.717, 1.165) is 19.4 Å². The van der Waals surface area contributed by atoms with Gasteiger partial charge in [-0.2, -0.15) is 5.26 Å². The molecule has 1 aliphatic rings. The number of imidazole rings is 1. The van der Waals surface area contributed by atoms with Crippen LogP contribution in [0.4, 0.5) is 10.2 Å². The highest BCUT2D eigenvalue weighted by Gasteiger charge is 2.25. The van der Waals surface area contributed by atoms with Gasteiger partial charge in [-0.25, -0.2) is 19.3 Å². The molecule has 0 spiro atoms. The monoisotopic (exact) mass is 379 g/mol. The van der Waals surface area contributed by atoms with Crippen LogP contribution in [0.3, 0.4) is 0 Å². The van der Waals surface area contributed by atoms with Gasteiger partial charge in [-0.3, -0.25) is 9.30 Å². The van der Waals surface area contributed by atoms with Crippen molar-refractivity contribution < 1.29 is 9.18 Å². The van der Waals surface area contributed by atoms with E-state index in [0.29, 0.717) is 35.8 Å². The van der Waals surface area contributed by atoms with Gasteiger partial charge in [-0.1, -0.05) is 0 Å². The lowest BCUT2D eigenvalue weighted by molar-refractivity contribution is -0.111. The Bertz CT molecular complexity index is 1040. The van der Waals surface area contributed by atoms with Crippen molar-refractivity contribution in [2.24, 2.45) is 0 Å². The third kappa shape index (κ3) is 3.54. The second kappa shape index (κ2) is 7.70. The van der Waals surface area contributed by atoms with Gasteiger partial charge in [-0.05, 0) is 37.6 Å². The van der Waals surface area contributed by atoms with Crippen LogP contribution in [0.5, 0.6) is 0 Å². The lowest BCUT2D eigenvalue weighted by atomic mass is 10.0. The van der Waals surface area contributed by atoms with E-state index in [9.17, 15) is 9.18 Å². The molecule has 2 atom stereocenters. The summed E-state index contributed by atoms with van der Waals surface area (Å²) in [6.07, 6.45) is 7.06. The number of piperidine rings is 1. The molecule has 0 aromatic carbocycles. The van der Waals surface area contributed by atoms with Crippen molar-refractivity contribution >= 4 is 17.8 Å². The molecule has 3 aromatic heterocycles. The lowest BCUT2D eigenvalue weighted by Gasteiger charge is -2.34. The Morgan fingerprint density at radius 1 is 1.36 bits per heavy atom. The standard InChI is InChI=1S/C19H18FN7O/c20-13-3-4-18-23-9-16(27(18)10-13)19-22-6-5-17(25-19)24-14-2-1-7-26(11-14)15(8-21)12-28/h3-6,9-10,12,14-15H,1-2,7,11H2,(H,22,24,25)/t14-,15?/m1/s1. The summed E-state index contributed by atoms with van der Waals surface area (Å²) in [7, 11) is 0. The lowest BCUT2D eigenvalue weighted by Crippen LogP contribution is -2.47. The number of hydrogen-bond donors (Lipinski definition) is 1. The molecule has 1 unspecified atom stereocenters. The number of aldehydes is 1. The molecule has 4 heterocycles. The Morgan fingerprint density at radius 2 is 2.25 bits per heavy atom. The number of pyridine rings is 1. The van der Waals surface area contributed by atoms with Gasteiger partial charge in [0.2, 0.25) is 0 Å². The molecule has 8 nitrogen and oxygen atoms in total. The van der Waals surface area contributed by atoms with Crippen molar-refractivity contribution in [3.63, 3.8) is 0 Å². The Morgan fingerprint density at radius 3 is 3.07 bits per heavy atom. The summed E-state index contributed by atoms with van der Waals surface area (Å²) in [4.78, 5) is 26.0. The zero-order valence-electron chi connectivity index (χ0n) is 15.0. The van der Waals surface area contributed by atoms with Crippen molar-refractivity contribution in [1.29, 1.82) is 5.26 Å². The summed E-state index contributed by atoms with van der Waals surface area (Å²) in [5.74, 6) is 0.687. The van der Waals surface area contributed by atoms with E-state index in [1.54, 1.807) is 28.9 Å². The Labute approximate surface area is 160 Å². The van der Waals surface area contributed by atoms with Crippen LogP contribution in [-0.2, 0) is 4.79 Å². The summed E-state index contributed by atoms with van der Waals surface area (Å²) in [6.45, 7) is 1.30. The topological polar surface area (TPSA) is 99.2 Å². The van der Waals surface area contributed by atoms with E-state index < -0.39 is 6.04 Å². The van der Waals surface area contributed by atoms with Crippen LogP contribution in [0.2, 0.25) is 0 Å². The van der Waals surface area contributed by atoms with E-state index in [-0.39, 0.29) is 11.9 Å². The second-order valence-corrected chi connectivity index (χ2v) is 6.67. The van der Waals surface area contributed by atoms with Gasteiger partial charge >= 0.3 is 0 Å². The smallest absolute Gasteiger partial charge is 0.180 e. The molecule has 3 aromatic rings. The maximum absolute atomic E-state index is 13.6. The number of nitrogens with zero attached hydrogens (tertiary/aromatic N) is 6.